The van der Waals surface area contributed by atoms with E-state index in [1.165, 1.54) is 12.8 Å². The molecule has 1 amide bonds. The third-order valence-electron chi connectivity index (χ3n) is 3.44. The zero-order valence-corrected chi connectivity index (χ0v) is 11.9. The molecule has 0 aromatic rings. The second-order valence-electron chi connectivity index (χ2n) is 4.91. The van der Waals surface area contributed by atoms with E-state index in [-0.39, 0.29) is 5.91 Å². The van der Waals surface area contributed by atoms with Gasteiger partial charge in [0, 0.05) is 20.0 Å². The Hall–Kier alpha value is -0.570. The Balaban J connectivity index is 3.75. The number of hydrogen-bond acceptors (Lipinski definition) is 2. The van der Waals surface area contributed by atoms with Gasteiger partial charge in [-0.1, -0.05) is 33.1 Å². The summed E-state index contributed by atoms with van der Waals surface area (Å²) in [6.07, 6.45) is 7.39. The fraction of sp³-hybridized carbons (Fsp3) is 0.929. The highest BCUT2D eigenvalue weighted by Crippen LogP contribution is 2.15. The Morgan fingerprint density at radius 2 is 1.94 bits per heavy atom. The van der Waals surface area contributed by atoms with E-state index in [0.29, 0.717) is 12.3 Å². The first kappa shape index (κ1) is 16.4. The van der Waals surface area contributed by atoms with Crippen molar-refractivity contribution in [1.82, 2.24) is 4.90 Å². The highest BCUT2D eigenvalue weighted by atomic mass is 16.2. The van der Waals surface area contributed by atoms with Crippen LogP contribution in [0, 0.1) is 5.92 Å². The quantitative estimate of drug-likeness (QED) is 0.599. The van der Waals surface area contributed by atoms with Gasteiger partial charge in [0.05, 0.1) is 0 Å². The zero-order chi connectivity index (χ0) is 13.1. The number of unbranched alkanes of at least 4 members (excludes halogenated alkanes) is 2. The molecule has 0 aliphatic heterocycles. The Bertz CT molecular complexity index is 195. The summed E-state index contributed by atoms with van der Waals surface area (Å²) in [7, 11) is 1.92. The van der Waals surface area contributed by atoms with E-state index in [9.17, 15) is 4.79 Å². The lowest BCUT2D eigenvalue weighted by atomic mass is 9.96. The first-order chi connectivity index (χ1) is 8.15. The van der Waals surface area contributed by atoms with Crippen LogP contribution in [0.2, 0.25) is 0 Å². The summed E-state index contributed by atoms with van der Waals surface area (Å²) in [5.74, 6) is 0.907. The van der Waals surface area contributed by atoms with E-state index < -0.39 is 0 Å². The van der Waals surface area contributed by atoms with Crippen molar-refractivity contribution >= 4 is 5.91 Å². The summed E-state index contributed by atoms with van der Waals surface area (Å²) in [6.45, 7) is 6.00. The van der Waals surface area contributed by atoms with Crippen molar-refractivity contribution in [3.8, 4) is 0 Å². The summed E-state index contributed by atoms with van der Waals surface area (Å²) in [4.78, 5) is 13.7. The van der Waals surface area contributed by atoms with Gasteiger partial charge in [-0.05, 0) is 31.7 Å². The van der Waals surface area contributed by atoms with Gasteiger partial charge in [0.25, 0.3) is 0 Å². The van der Waals surface area contributed by atoms with E-state index in [2.05, 4.69) is 13.8 Å². The molecule has 2 N–H and O–H groups in total. The first-order valence-corrected chi connectivity index (χ1v) is 7.09. The normalized spacial score (nSPS) is 12.5. The van der Waals surface area contributed by atoms with Crippen molar-refractivity contribution < 1.29 is 4.79 Å². The van der Waals surface area contributed by atoms with Crippen molar-refractivity contribution in [1.29, 1.82) is 0 Å². The van der Waals surface area contributed by atoms with Crippen LogP contribution < -0.4 is 5.73 Å². The highest BCUT2D eigenvalue weighted by molar-refractivity contribution is 5.75. The molecule has 0 aliphatic rings. The van der Waals surface area contributed by atoms with Crippen LogP contribution in [-0.4, -0.2) is 30.9 Å². The lowest BCUT2D eigenvalue weighted by Gasteiger charge is -2.19. The van der Waals surface area contributed by atoms with Gasteiger partial charge in [-0.3, -0.25) is 4.79 Å². The molecule has 0 heterocycles. The van der Waals surface area contributed by atoms with Gasteiger partial charge in [-0.15, -0.1) is 0 Å². The molecule has 102 valence electrons. The second kappa shape index (κ2) is 10.6. The van der Waals surface area contributed by atoms with Crippen molar-refractivity contribution in [2.45, 2.75) is 58.8 Å². The molecule has 3 heteroatoms. The molecule has 1 unspecified atom stereocenters. The number of amides is 1. The van der Waals surface area contributed by atoms with Crippen LogP contribution in [0.5, 0.6) is 0 Å². The molecule has 0 saturated heterocycles. The van der Waals surface area contributed by atoms with E-state index in [1.54, 1.807) is 0 Å². The zero-order valence-electron chi connectivity index (χ0n) is 11.9. The van der Waals surface area contributed by atoms with Gasteiger partial charge < -0.3 is 10.6 Å². The molecule has 0 aliphatic carbocycles. The van der Waals surface area contributed by atoms with Gasteiger partial charge in [0.2, 0.25) is 5.91 Å². The average molecular weight is 242 g/mol. The largest absolute Gasteiger partial charge is 0.346 e. The predicted molar refractivity (Wildman–Crippen MR) is 73.8 cm³/mol. The monoisotopic (exact) mass is 242 g/mol. The standard InChI is InChI=1S/C14H30N2O/c1-4-6-7-12-16(3)14(17)9-8-13(5-2)10-11-15/h13H,4-12,15H2,1-3H3. The fourth-order valence-corrected chi connectivity index (χ4v) is 2.03. The Labute approximate surface area is 107 Å². The molecular formula is C14H30N2O. The van der Waals surface area contributed by atoms with Crippen LogP contribution in [0.4, 0.5) is 0 Å². The molecule has 0 fully saturated rings. The smallest absolute Gasteiger partial charge is 0.222 e. The molecule has 0 bridgehead atoms. The van der Waals surface area contributed by atoms with Crippen LogP contribution in [0.15, 0.2) is 0 Å². The van der Waals surface area contributed by atoms with E-state index in [1.807, 2.05) is 11.9 Å². The number of nitrogens with zero attached hydrogens (tertiary/aromatic N) is 1. The predicted octanol–water partition coefficient (Wildman–Crippen LogP) is 2.79. The maximum absolute atomic E-state index is 11.9. The van der Waals surface area contributed by atoms with Gasteiger partial charge in [-0.25, -0.2) is 0 Å². The molecule has 17 heavy (non-hydrogen) atoms. The van der Waals surface area contributed by atoms with Crippen LogP contribution >= 0.6 is 0 Å². The Morgan fingerprint density at radius 3 is 2.47 bits per heavy atom. The first-order valence-electron chi connectivity index (χ1n) is 7.09. The van der Waals surface area contributed by atoms with E-state index >= 15 is 0 Å². The van der Waals surface area contributed by atoms with Crippen LogP contribution in [0.25, 0.3) is 0 Å². The van der Waals surface area contributed by atoms with Crippen molar-refractivity contribution in [2.24, 2.45) is 11.7 Å². The van der Waals surface area contributed by atoms with Crippen molar-refractivity contribution in [3.63, 3.8) is 0 Å². The summed E-state index contributed by atoms with van der Waals surface area (Å²) < 4.78 is 0. The average Bonchev–Trinajstić information content (AvgIpc) is 2.34. The number of rotatable bonds is 10. The maximum Gasteiger partial charge on any atom is 0.222 e. The summed E-state index contributed by atoms with van der Waals surface area (Å²) in [5.41, 5.74) is 5.56. The molecular weight excluding hydrogens is 212 g/mol. The molecule has 0 radical (unpaired) electrons. The summed E-state index contributed by atoms with van der Waals surface area (Å²) >= 11 is 0. The minimum Gasteiger partial charge on any atom is -0.346 e. The highest BCUT2D eigenvalue weighted by Gasteiger charge is 2.11. The second-order valence-corrected chi connectivity index (χ2v) is 4.91. The number of nitrogens with two attached hydrogens (primary N) is 1. The fourth-order valence-electron chi connectivity index (χ4n) is 2.03. The maximum atomic E-state index is 11.9. The lowest BCUT2D eigenvalue weighted by molar-refractivity contribution is -0.130. The van der Waals surface area contributed by atoms with Gasteiger partial charge in [-0.2, -0.15) is 0 Å². The Morgan fingerprint density at radius 1 is 1.24 bits per heavy atom. The SMILES string of the molecule is CCCCCN(C)C(=O)CCC(CC)CCN. The van der Waals surface area contributed by atoms with E-state index in [4.69, 9.17) is 5.73 Å². The third-order valence-corrected chi connectivity index (χ3v) is 3.44. The van der Waals surface area contributed by atoms with Crippen LogP contribution in [0.1, 0.15) is 58.8 Å². The third kappa shape index (κ3) is 8.19. The molecule has 0 aromatic heterocycles. The van der Waals surface area contributed by atoms with Crippen molar-refractivity contribution in [2.75, 3.05) is 20.1 Å². The minimum atomic E-state index is 0.288. The van der Waals surface area contributed by atoms with Gasteiger partial charge in [0.15, 0.2) is 0 Å². The van der Waals surface area contributed by atoms with E-state index in [0.717, 1.165) is 38.8 Å². The molecule has 0 rings (SSSR count). The van der Waals surface area contributed by atoms with Crippen molar-refractivity contribution in [3.05, 3.63) is 0 Å². The Kier molecular flexibility index (Phi) is 10.2. The lowest BCUT2D eigenvalue weighted by Crippen LogP contribution is -2.28. The van der Waals surface area contributed by atoms with Crippen LogP contribution in [0.3, 0.4) is 0 Å². The van der Waals surface area contributed by atoms with Gasteiger partial charge in [0.1, 0.15) is 0 Å². The topological polar surface area (TPSA) is 46.3 Å². The molecule has 0 spiro atoms. The number of carbonyl (C=O) groups is 1. The molecule has 1 atom stereocenters. The molecule has 0 aromatic carbocycles. The summed E-state index contributed by atoms with van der Waals surface area (Å²) in [6, 6.07) is 0. The minimum absolute atomic E-state index is 0.288. The van der Waals surface area contributed by atoms with Gasteiger partial charge >= 0.3 is 0 Å². The number of hydrogen-bond donors (Lipinski definition) is 1. The molecule has 3 nitrogen and oxygen atoms in total. The number of carbonyl (C=O) groups excluding carboxylic acids is 1. The summed E-state index contributed by atoms with van der Waals surface area (Å²) in [5, 5.41) is 0. The van der Waals surface area contributed by atoms with Crippen LogP contribution in [-0.2, 0) is 4.79 Å². The molecule has 0 saturated carbocycles.